The first-order valence-corrected chi connectivity index (χ1v) is 8.55. The average molecular weight is 387 g/mol. The van der Waals surface area contributed by atoms with Gasteiger partial charge in [0.1, 0.15) is 11.8 Å². The summed E-state index contributed by atoms with van der Waals surface area (Å²) in [5, 5.41) is 7.10. The van der Waals surface area contributed by atoms with Gasteiger partial charge in [0.05, 0.1) is 34.7 Å². The highest BCUT2D eigenvalue weighted by atomic mass is 16.5. The zero-order valence-corrected chi connectivity index (χ0v) is 16.6. The molecule has 0 aliphatic carbocycles. The van der Waals surface area contributed by atoms with Crippen molar-refractivity contribution in [3.8, 4) is 23.0 Å². The van der Waals surface area contributed by atoms with Crippen molar-refractivity contribution in [2.75, 3.05) is 33.8 Å². The second kappa shape index (κ2) is 10.1. The smallest absolute Gasteiger partial charge is 0.262 e. The van der Waals surface area contributed by atoms with Crippen LogP contribution in [0.1, 0.15) is 12.5 Å². The number of hydrazone groups is 1. The Morgan fingerprint density at radius 2 is 1.57 bits per heavy atom. The van der Waals surface area contributed by atoms with Crippen molar-refractivity contribution in [2.24, 2.45) is 5.10 Å². The number of ether oxygens (including phenoxy) is 4. The minimum atomic E-state index is -0.481. The van der Waals surface area contributed by atoms with Gasteiger partial charge >= 0.3 is 0 Å². The van der Waals surface area contributed by atoms with E-state index in [0.717, 1.165) is 11.4 Å². The van der Waals surface area contributed by atoms with Crippen molar-refractivity contribution < 1.29 is 23.7 Å². The van der Waals surface area contributed by atoms with Crippen molar-refractivity contribution in [3.05, 3.63) is 42.0 Å². The highest BCUT2D eigenvalue weighted by Crippen LogP contribution is 2.37. The van der Waals surface area contributed by atoms with Crippen molar-refractivity contribution in [2.45, 2.75) is 13.0 Å². The number of amides is 1. The number of nitrogens with zero attached hydrogens (tertiary/aromatic N) is 1. The van der Waals surface area contributed by atoms with E-state index in [1.807, 2.05) is 24.3 Å². The highest BCUT2D eigenvalue weighted by molar-refractivity contribution is 5.87. The van der Waals surface area contributed by atoms with Crippen LogP contribution in [-0.4, -0.2) is 46.6 Å². The first-order valence-electron chi connectivity index (χ1n) is 8.55. The van der Waals surface area contributed by atoms with Crippen LogP contribution in [-0.2, 0) is 4.79 Å². The number of anilines is 1. The number of rotatable bonds is 9. The SMILES string of the molecule is COc1ccc(N[C@@H](C)C(=O)N/N=C\c2cc(OC)c(OC)c(OC)c2)cc1. The second-order valence-corrected chi connectivity index (χ2v) is 5.79. The molecule has 2 rings (SSSR count). The maximum Gasteiger partial charge on any atom is 0.262 e. The van der Waals surface area contributed by atoms with E-state index < -0.39 is 6.04 Å². The lowest BCUT2D eigenvalue weighted by molar-refractivity contribution is -0.121. The molecule has 0 radical (unpaired) electrons. The Hall–Kier alpha value is -3.42. The molecule has 8 nitrogen and oxygen atoms in total. The van der Waals surface area contributed by atoms with E-state index in [1.165, 1.54) is 27.5 Å². The molecule has 0 heterocycles. The summed E-state index contributed by atoms with van der Waals surface area (Å²) in [5.41, 5.74) is 4.00. The zero-order valence-electron chi connectivity index (χ0n) is 16.6. The third kappa shape index (κ3) is 5.29. The molecule has 2 aromatic rings. The van der Waals surface area contributed by atoms with Gasteiger partial charge in [0.25, 0.3) is 5.91 Å². The summed E-state index contributed by atoms with van der Waals surface area (Å²) in [6, 6.07) is 10.3. The highest BCUT2D eigenvalue weighted by Gasteiger charge is 2.13. The Kier molecular flexibility index (Phi) is 7.50. The van der Waals surface area contributed by atoms with Crippen molar-refractivity contribution in [3.63, 3.8) is 0 Å². The Balaban J connectivity index is 2.00. The van der Waals surface area contributed by atoms with Gasteiger partial charge in [0.15, 0.2) is 11.5 Å². The molecule has 150 valence electrons. The molecule has 0 fully saturated rings. The Labute approximate surface area is 164 Å². The number of carbonyl (C=O) groups excluding carboxylic acids is 1. The molecule has 2 N–H and O–H groups in total. The van der Waals surface area contributed by atoms with Gasteiger partial charge in [-0.05, 0) is 43.3 Å². The number of hydrogen-bond acceptors (Lipinski definition) is 7. The number of hydrogen-bond donors (Lipinski definition) is 2. The van der Waals surface area contributed by atoms with Crippen LogP contribution >= 0.6 is 0 Å². The Bertz CT molecular complexity index is 796. The van der Waals surface area contributed by atoms with E-state index >= 15 is 0 Å². The molecule has 1 atom stereocenters. The Morgan fingerprint density at radius 1 is 0.964 bits per heavy atom. The van der Waals surface area contributed by atoms with E-state index in [1.54, 1.807) is 26.2 Å². The molecule has 0 aliphatic heterocycles. The lowest BCUT2D eigenvalue weighted by Crippen LogP contribution is -2.34. The van der Waals surface area contributed by atoms with Gasteiger partial charge in [-0.15, -0.1) is 0 Å². The standard InChI is InChI=1S/C20H25N3O5/c1-13(22-15-6-8-16(25-2)9-7-15)20(24)23-21-12-14-10-17(26-3)19(28-5)18(11-14)27-4/h6-13,22H,1-5H3,(H,23,24)/b21-12-/t13-/m0/s1. The van der Waals surface area contributed by atoms with Crippen molar-refractivity contribution in [1.29, 1.82) is 0 Å². The fourth-order valence-electron chi connectivity index (χ4n) is 2.45. The van der Waals surface area contributed by atoms with Gasteiger partial charge in [-0.3, -0.25) is 4.79 Å². The molecule has 0 aliphatic rings. The average Bonchev–Trinajstić information content (AvgIpc) is 2.73. The number of nitrogens with one attached hydrogen (secondary N) is 2. The summed E-state index contributed by atoms with van der Waals surface area (Å²) in [5.74, 6) is 1.97. The topological polar surface area (TPSA) is 90.4 Å². The third-order valence-corrected chi connectivity index (χ3v) is 3.94. The summed E-state index contributed by atoms with van der Waals surface area (Å²) in [7, 11) is 6.20. The minimum Gasteiger partial charge on any atom is -0.497 e. The molecular weight excluding hydrogens is 362 g/mol. The van der Waals surface area contributed by atoms with E-state index in [9.17, 15) is 4.79 Å². The molecular formula is C20H25N3O5. The first-order chi connectivity index (χ1) is 13.5. The normalized spacial score (nSPS) is 11.6. The maximum absolute atomic E-state index is 12.2. The quantitative estimate of drug-likeness (QED) is 0.508. The van der Waals surface area contributed by atoms with Crippen LogP contribution in [0.3, 0.4) is 0 Å². The zero-order chi connectivity index (χ0) is 20.5. The lowest BCUT2D eigenvalue weighted by atomic mass is 10.2. The van der Waals surface area contributed by atoms with Crippen LogP contribution < -0.4 is 29.7 Å². The maximum atomic E-state index is 12.2. The molecule has 8 heteroatoms. The van der Waals surface area contributed by atoms with E-state index in [0.29, 0.717) is 22.8 Å². The summed E-state index contributed by atoms with van der Waals surface area (Å²) < 4.78 is 21.0. The fraction of sp³-hybridized carbons (Fsp3) is 0.300. The van der Waals surface area contributed by atoms with Crippen molar-refractivity contribution in [1.82, 2.24) is 5.43 Å². The lowest BCUT2D eigenvalue weighted by Gasteiger charge is -2.14. The fourth-order valence-corrected chi connectivity index (χ4v) is 2.45. The minimum absolute atomic E-state index is 0.278. The molecule has 0 aromatic heterocycles. The van der Waals surface area contributed by atoms with Crippen LogP contribution in [0.4, 0.5) is 5.69 Å². The monoisotopic (exact) mass is 387 g/mol. The van der Waals surface area contributed by atoms with Crippen molar-refractivity contribution >= 4 is 17.8 Å². The van der Waals surface area contributed by atoms with Gasteiger partial charge in [0, 0.05) is 11.3 Å². The largest absolute Gasteiger partial charge is 0.497 e. The molecule has 28 heavy (non-hydrogen) atoms. The number of methoxy groups -OCH3 is 4. The van der Waals surface area contributed by atoms with Crippen LogP contribution in [0.25, 0.3) is 0 Å². The van der Waals surface area contributed by atoms with E-state index in [4.69, 9.17) is 18.9 Å². The first kappa shape index (κ1) is 20.9. The molecule has 0 saturated carbocycles. The number of carbonyl (C=O) groups is 1. The van der Waals surface area contributed by atoms with Crippen LogP contribution in [0.15, 0.2) is 41.5 Å². The van der Waals surface area contributed by atoms with Gasteiger partial charge in [-0.1, -0.05) is 0 Å². The molecule has 0 saturated heterocycles. The predicted molar refractivity (Wildman–Crippen MR) is 108 cm³/mol. The van der Waals surface area contributed by atoms with Gasteiger partial charge in [-0.2, -0.15) is 5.10 Å². The molecule has 0 spiro atoms. The summed E-state index contributed by atoms with van der Waals surface area (Å²) >= 11 is 0. The third-order valence-electron chi connectivity index (χ3n) is 3.94. The van der Waals surface area contributed by atoms with Gasteiger partial charge in [0.2, 0.25) is 5.75 Å². The number of benzene rings is 2. The van der Waals surface area contributed by atoms with Gasteiger partial charge in [-0.25, -0.2) is 5.43 Å². The second-order valence-electron chi connectivity index (χ2n) is 5.79. The predicted octanol–water partition coefficient (Wildman–Crippen LogP) is 2.67. The Morgan fingerprint density at radius 3 is 2.07 bits per heavy atom. The summed E-state index contributed by atoms with van der Waals surface area (Å²) in [6.07, 6.45) is 1.50. The van der Waals surface area contributed by atoms with Crippen LogP contribution in [0.2, 0.25) is 0 Å². The molecule has 0 bridgehead atoms. The van der Waals surface area contributed by atoms with E-state index in [2.05, 4.69) is 15.8 Å². The van der Waals surface area contributed by atoms with Crippen LogP contribution in [0.5, 0.6) is 23.0 Å². The molecule has 1 amide bonds. The summed E-state index contributed by atoms with van der Waals surface area (Å²) in [6.45, 7) is 1.74. The van der Waals surface area contributed by atoms with Gasteiger partial charge < -0.3 is 24.3 Å². The molecule has 2 aromatic carbocycles. The molecule has 0 unspecified atom stereocenters. The van der Waals surface area contributed by atoms with E-state index in [-0.39, 0.29) is 5.91 Å². The van der Waals surface area contributed by atoms with Crippen LogP contribution in [0, 0.1) is 0 Å². The summed E-state index contributed by atoms with van der Waals surface area (Å²) in [4.78, 5) is 12.2.